The fraction of sp³-hybridized carbons (Fsp3) is 0.909. The van der Waals surface area contributed by atoms with Gasteiger partial charge in [0.2, 0.25) is 0 Å². The molecule has 0 amide bonds. The second kappa shape index (κ2) is 6.02. The van der Waals surface area contributed by atoms with E-state index in [0.717, 1.165) is 12.5 Å². The molecule has 1 N–H and O–H groups in total. The van der Waals surface area contributed by atoms with Gasteiger partial charge in [-0.25, -0.2) is 0 Å². The first-order chi connectivity index (χ1) is 6.74. The van der Waals surface area contributed by atoms with E-state index in [1.54, 1.807) is 0 Å². The molecule has 0 aromatic carbocycles. The maximum Gasteiger partial charge on any atom is 0.322 e. The Kier molecular flexibility index (Phi) is 4.94. The van der Waals surface area contributed by atoms with Crippen molar-refractivity contribution in [2.45, 2.75) is 45.6 Å². The molecule has 1 saturated carbocycles. The van der Waals surface area contributed by atoms with Gasteiger partial charge in [0.05, 0.1) is 6.61 Å². The lowest BCUT2D eigenvalue weighted by Gasteiger charge is -2.11. The maximum atomic E-state index is 11.2. The van der Waals surface area contributed by atoms with Gasteiger partial charge in [-0.3, -0.25) is 4.79 Å². The molecule has 1 fully saturated rings. The van der Waals surface area contributed by atoms with Crippen molar-refractivity contribution in [3.63, 3.8) is 0 Å². The molecule has 0 radical (unpaired) electrons. The molecule has 14 heavy (non-hydrogen) atoms. The average Bonchev–Trinajstić information content (AvgIpc) is 2.96. The van der Waals surface area contributed by atoms with E-state index in [2.05, 4.69) is 5.32 Å². The normalized spacial score (nSPS) is 17.9. The van der Waals surface area contributed by atoms with E-state index in [-0.39, 0.29) is 12.0 Å². The highest BCUT2D eigenvalue weighted by molar-refractivity contribution is 5.75. The highest BCUT2D eigenvalue weighted by atomic mass is 16.5. The Labute approximate surface area is 86.2 Å². The minimum atomic E-state index is -0.158. The standard InChI is InChI=1S/C11H21NO2/c1-3-14-11(13)9(2)12-8-4-5-10-6-7-10/h9-10,12H,3-8H2,1-2H3. The summed E-state index contributed by atoms with van der Waals surface area (Å²) in [6.07, 6.45) is 5.30. The molecule has 0 aromatic heterocycles. The Morgan fingerprint density at radius 2 is 2.29 bits per heavy atom. The molecule has 3 heteroatoms. The van der Waals surface area contributed by atoms with Crippen molar-refractivity contribution in [2.75, 3.05) is 13.2 Å². The second-order valence-corrected chi connectivity index (χ2v) is 4.01. The lowest BCUT2D eigenvalue weighted by molar-refractivity contribution is -0.145. The van der Waals surface area contributed by atoms with E-state index in [4.69, 9.17) is 4.74 Å². The Morgan fingerprint density at radius 1 is 1.57 bits per heavy atom. The predicted molar refractivity (Wildman–Crippen MR) is 56.1 cm³/mol. The molecule has 1 aliphatic rings. The number of carbonyl (C=O) groups excluding carboxylic acids is 1. The Balaban J connectivity index is 1.95. The molecule has 82 valence electrons. The van der Waals surface area contributed by atoms with Crippen LogP contribution in [-0.4, -0.2) is 25.2 Å². The summed E-state index contributed by atoms with van der Waals surface area (Å²) in [5, 5.41) is 3.18. The van der Waals surface area contributed by atoms with E-state index >= 15 is 0 Å². The van der Waals surface area contributed by atoms with Crippen molar-refractivity contribution < 1.29 is 9.53 Å². The molecule has 0 spiro atoms. The summed E-state index contributed by atoms with van der Waals surface area (Å²) < 4.78 is 4.89. The summed E-state index contributed by atoms with van der Waals surface area (Å²) in [6, 6.07) is -0.158. The van der Waals surface area contributed by atoms with Gasteiger partial charge >= 0.3 is 5.97 Å². The zero-order valence-corrected chi connectivity index (χ0v) is 9.21. The van der Waals surface area contributed by atoms with Gasteiger partial charge in [0.1, 0.15) is 6.04 Å². The molecular weight excluding hydrogens is 178 g/mol. The summed E-state index contributed by atoms with van der Waals surface area (Å²) in [4.78, 5) is 11.2. The lowest BCUT2D eigenvalue weighted by atomic mass is 10.2. The van der Waals surface area contributed by atoms with Crippen LogP contribution in [0.1, 0.15) is 39.5 Å². The third kappa shape index (κ3) is 4.61. The van der Waals surface area contributed by atoms with Crippen LogP contribution in [0.3, 0.4) is 0 Å². The van der Waals surface area contributed by atoms with Crippen LogP contribution >= 0.6 is 0 Å². The number of nitrogens with one attached hydrogen (secondary N) is 1. The van der Waals surface area contributed by atoms with Crippen LogP contribution in [0.4, 0.5) is 0 Å². The Bertz CT molecular complexity index is 178. The molecule has 1 aliphatic carbocycles. The number of ether oxygens (including phenoxy) is 1. The van der Waals surface area contributed by atoms with Crippen molar-refractivity contribution in [2.24, 2.45) is 5.92 Å². The highest BCUT2D eigenvalue weighted by Crippen LogP contribution is 2.33. The quantitative estimate of drug-likeness (QED) is 0.501. The molecule has 1 rings (SSSR count). The Hall–Kier alpha value is -0.570. The predicted octanol–water partition coefficient (Wildman–Crippen LogP) is 1.72. The Morgan fingerprint density at radius 3 is 2.86 bits per heavy atom. The highest BCUT2D eigenvalue weighted by Gasteiger charge is 2.20. The summed E-state index contributed by atoms with van der Waals surface area (Å²) in [5.41, 5.74) is 0. The van der Waals surface area contributed by atoms with Crippen LogP contribution in [0.5, 0.6) is 0 Å². The zero-order chi connectivity index (χ0) is 10.4. The first kappa shape index (κ1) is 11.5. The summed E-state index contributed by atoms with van der Waals surface area (Å²) in [7, 11) is 0. The van der Waals surface area contributed by atoms with Crippen LogP contribution in [0.15, 0.2) is 0 Å². The smallest absolute Gasteiger partial charge is 0.322 e. The number of hydrogen-bond acceptors (Lipinski definition) is 3. The molecule has 0 bridgehead atoms. The molecular formula is C11H21NO2. The number of esters is 1. The van der Waals surface area contributed by atoms with Crippen molar-refractivity contribution in [1.82, 2.24) is 5.32 Å². The van der Waals surface area contributed by atoms with Gasteiger partial charge in [-0.15, -0.1) is 0 Å². The average molecular weight is 199 g/mol. The summed E-state index contributed by atoms with van der Waals surface area (Å²) in [6.45, 7) is 5.08. The van der Waals surface area contributed by atoms with Crippen LogP contribution < -0.4 is 5.32 Å². The molecule has 3 nitrogen and oxygen atoms in total. The molecule has 0 aromatic rings. The minimum absolute atomic E-state index is 0.140. The lowest BCUT2D eigenvalue weighted by Crippen LogP contribution is -2.35. The van der Waals surface area contributed by atoms with E-state index in [1.807, 2.05) is 13.8 Å². The fourth-order valence-electron chi connectivity index (χ4n) is 1.47. The van der Waals surface area contributed by atoms with Crippen molar-refractivity contribution in [3.8, 4) is 0 Å². The van der Waals surface area contributed by atoms with Crippen molar-refractivity contribution >= 4 is 5.97 Å². The number of rotatable bonds is 7. The van der Waals surface area contributed by atoms with E-state index in [1.165, 1.54) is 25.7 Å². The van der Waals surface area contributed by atoms with Gasteiger partial charge in [-0.05, 0) is 39.2 Å². The van der Waals surface area contributed by atoms with Crippen LogP contribution in [0.25, 0.3) is 0 Å². The van der Waals surface area contributed by atoms with E-state index in [0.29, 0.717) is 6.61 Å². The SMILES string of the molecule is CCOC(=O)C(C)NCCCC1CC1. The molecule has 1 unspecified atom stereocenters. The van der Waals surface area contributed by atoms with E-state index in [9.17, 15) is 4.79 Å². The zero-order valence-electron chi connectivity index (χ0n) is 9.21. The van der Waals surface area contributed by atoms with Gasteiger partial charge in [-0.1, -0.05) is 12.8 Å². The van der Waals surface area contributed by atoms with Gasteiger partial charge in [0, 0.05) is 0 Å². The van der Waals surface area contributed by atoms with Crippen LogP contribution in [-0.2, 0) is 9.53 Å². The number of hydrogen-bond donors (Lipinski definition) is 1. The minimum Gasteiger partial charge on any atom is -0.465 e. The molecule has 0 aliphatic heterocycles. The summed E-state index contributed by atoms with van der Waals surface area (Å²) >= 11 is 0. The third-order valence-corrected chi connectivity index (χ3v) is 2.58. The van der Waals surface area contributed by atoms with Crippen LogP contribution in [0, 0.1) is 5.92 Å². The fourth-order valence-corrected chi connectivity index (χ4v) is 1.47. The summed E-state index contributed by atoms with van der Waals surface area (Å²) in [5.74, 6) is 0.841. The molecule has 1 atom stereocenters. The van der Waals surface area contributed by atoms with Gasteiger partial charge in [0.25, 0.3) is 0 Å². The van der Waals surface area contributed by atoms with Gasteiger partial charge < -0.3 is 10.1 Å². The topological polar surface area (TPSA) is 38.3 Å². The maximum absolute atomic E-state index is 11.2. The van der Waals surface area contributed by atoms with Crippen molar-refractivity contribution in [3.05, 3.63) is 0 Å². The monoisotopic (exact) mass is 199 g/mol. The van der Waals surface area contributed by atoms with Crippen molar-refractivity contribution in [1.29, 1.82) is 0 Å². The third-order valence-electron chi connectivity index (χ3n) is 2.58. The van der Waals surface area contributed by atoms with Crippen LogP contribution in [0.2, 0.25) is 0 Å². The first-order valence-electron chi connectivity index (χ1n) is 5.64. The number of carbonyl (C=O) groups is 1. The molecule has 0 heterocycles. The van der Waals surface area contributed by atoms with E-state index < -0.39 is 0 Å². The molecule has 0 saturated heterocycles. The first-order valence-corrected chi connectivity index (χ1v) is 5.64. The largest absolute Gasteiger partial charge is 0.465 e. The van der Waals surface area contributed by atoms with Gasteiger partial charge in [-0.2, -0.15) is 0 Å². The second-order valence-electron chi connectivity index (χ2n) is 4.01. The van der Waals surface area contributed by atoms with Gasteiger partial charge in [0.15, 0.2) is 0 Å².